The SMILES string of the molecule is C=C(C)C1(O)CCOC(CC)C1. The molecule has 2 heteroatoms. The molecular weight excluding hydrogens is 152 g/mol. The van der Waals surface area contributed by atoms with Gasteiger partial charge in [-0.1, -0.05) is 13.5 Å². The van der Waals surface area contributed by atoms with Crippen LogP contribution in [0.5, 0.6) is 0 Å². The van der Waals surface area contributed by atoms with Gasteiger partial charge in [0.2, 0.25) is 0 Å². The van der Waals surface area contributed by atoms with E-state index in [1.54, 1.807) is 0 Å². The van der Waals surface area contributed by atoms with Crippen LogP contribution in [0, 0.1) is 0 Å². The quantitative estimate of drug-likeness (QED) is 0.641. The second-order valence-corrected chi connectivity index (χ2v) is 3.67. The van der Waals surface area contributed by atoms with E-state index in [2.05, 4.69) is 13.5 Å². The second-order valence-electron chi connectivity index (χ2n) is 3.67. The van der Waals surface area contributed by atoms with Gasteiger partial charge in [0, 0.05) is 12.8 Å². The van der Waals surface area contributed by atoms with Gasteiger partial charge in [-0.3, -0.25) is 0 Å². The Kier molecular flexibility index (Phi) is 2.91. The summed E-state index contributed by atoms with van der Waals surface area (Å²) in [5, 5.41) is 10.1. The molecule has 1 rings (SSSR count). The predicted molar refractivity (Wildman–Crippen MR) is 49.0 cm³/mol. The Morgan fingerprint density at radius 2 is 2.42 bits per heavy atom. The summed E-state index contributed by atoms with van der Waals surface area (Å²) in [4.78, 5) is 0. The third-order valence-corrected chi connectivity index (χ3v) is 2.68. The lowest BCUT2D eigenvalue weighted by Crippen LogP contribution is -2.41. The smallest absolute Gasteiger partial charge is 0.0898 e. The molecular formula is C10H18O2. The van der Waals surface area contributed by atoms with Crippen LogP contribution in [0.15, 0.2) is 12.2 Å². The summed E-state index contributed by atoms with van der Waals surface area (Å²) in [6, 6.07) is 0. The van der Waals surface area contributed by atoms with Gasteiger partial charge >= 0.3 is 0 Å². The molecule has 0 saturated carbocycles. The Labute approximate surface area is 74.2 Å². The third kappa shape index (κ3) is 1.87. The molecule has 2 atom stereocenters. The normalized spacial score (nSPS) is 36.4. The zero-order valence-corrected chi connectivity index (χ0v) is 7.97. The third-order valence-electron chi connectivity index (χ3n) is 2.68. The van der Waals surface area contributed by atoms with E-state index in [9.17, 15) is 5.11 Å². The molecule has 12 heavy (non-hydrogen) atoms. The molecule has 2 unspecified atom stereocenters. The summed E-state index contributed by atoms with van der Waals surface area (Å²) in [7, 11) is 0. The van der Waals surface area contributed by atoms with Crippen LogP contribution in [0.2, 0.25) is 0 Å². The van der Waals surface area contributed by atoms with Gasteiger partial charge < -0.3 is 9.84 Å². The van der Waals surface area contributed by atoms with Crippen LogP contribution in [0.1, 0.15) is 33.1 Å². The molecule has 2 nitrogen and oxygen atoms in total. The van der Waals surface area contributed by atoms with E-state index in [0.29, 0.717) is 19.4 Å². The van der Waals surface area contributed by atoms with Crippen molar-refractivity contribution in [1.29, 1.82) is 0 Å². The van der Waals surface area contributed by atoms with Crippen molar-refractivity contribution in [1.82, 2.24) is 0 Å². The first kappa shape index (κ1) is 9.75. The van der Waals surface area contributed by atoms with Crippen LogP contribution in [-0.2, 0) is 4.74 Å². The monoisotopic (exact) mass is 170 g/mol. The largest absolute Gasteiger partial charge is 0.385 e. The van der Waals surface area contributed by atoms with Crippen LogP contribution in [0.3, 0.4) is 0 Å². The van der Waals surface area contributed by atoms with Gasteiger partial charge in [-0.2, -0.15) is 0 Å². The van der Waals surface area contributed by atoms with Crippen molar-refractivity contribution in [3.63, 3.8) is 0 Å². The number of ether oxygens (including phenoxy) is 1. The highest BCUT2D eigenvalue weighted by atomic mass is 16.5. The Bertz CT molecular complexity index is 177. The molecule has 0 radical (unpaired) electrons. The predicted octanol–water partition coefficient (Wildman–Crippen LogP) is 1.88. The number of aliphatic hydroxyl groups is 1. The number of hydrogen-bond donors (Lipinski definition) is 1. The highest BCUT2D eigenvalue weighted by Crippen LogP contribution is 2.31. The minimum atomic E-state index is -0.668. The fraction of sp³-hybridized carbons (Fsp3) is 0.800. The van der Waals surface area contributed by atoms with Crippen LogP contribution < -0.4 is 0 Å². The van der Waals surface area contributed by atoms with E-state index in [-0.39, 0.29) is 6.10 Å². The molecule has 0 aromatic carbocycles. The summed E-state index contributed by atoms with van der Waals surface area (Å²) in [6.45, 7) is 8.43. The molecule has 0 aliphatic carbocycles. The molecule has 1 N–H and O–H groups in total. The zero-order chi connectivity index (χ0) is 9.19. The van der Waals surface area contributed by atoms with E-state index in [1.807, 2.05) is 6.92 Å². The van der Waals surface area contributed by atoms with Gasteiger partial charge in [-0.25, -0.2) is 0 Å². The van der Waals surface area contributed by atoms with Crippen LogP contribution in [0.4, 0.5) is 0 Å². The summed E-state index contributed by atoms with van der Waals surface area (Å²) in [5.74, 6) is 0. The van der Waals surface area contributed by atoms with Gasteiger partial charge in [0.15, 0.2) is 0 Å². The lowest BCUT2D eigenvalue weighted by Gasteiger charge is -2.37. The lowest BCUT2D eigenvalue weighted by molar-refractivity contribution is -0.0846. The molecule has 70 valence electrons. The lowest BCUT2D eigenvalue weighted by atomic mass is 9.84. The number of hydrogen-bond acceptors (Lipinski definition) is 2. The molecule has 1 fully saturated rings. The zero-order valence-electron chi connectivity index (χ0n) is 7.97. The summed E-state index contributed by atoms with van der Waals surface area (Å²) in [5.41, 5.74) is 0.197. The molecule has 1 saturated heterocycles. The van der Waals surface area contributed by atoms with Gasteiger partial charge in [-0.15, -0.1) is 0 Å². The molecule has 1 aliphatic rings. The highest BCUT2D eigenvalue weighted by molar-refractivity contribution is 5.11. The molecule has 0 aromatic rings. The first-order valence-corrected chi connectivity index (χ1v) is 4.58. The Morgan fingerprint density at radius 3 is 2.92 bits per heavy atom. The standard InChI is InChI=1S/C10H18O2/c1-4-9-7-10(11,8(2)3)5-6-12-9/h9,11H,2,4-7H2,1,3H3. The second kappa shape index (κ2) is 3.58. The molecule has 0 spiro atoms. The maximum atomic E-state index is 10.1. The van der Waals surface area contributed by atoms with Crippen molar-refractivity contribution in [3.8, 4) is 0 Å². The van der Waals surface area contributed by atoms with Crippen LogP contribution >= 0.6 is 0 Å². The summed E-state index contributed by atoms with van der Waals surface area (Å²) >= 11 is 0. The highest BCUT2D eigenvalue weighted by Gasteiger charge is 2.34. The minimum Gasteiger partial charge on any atom is -0.385 e. The van der Waals surface area contributed by atoms with Crippen molar-refractivity contribution >= 4 is 0 Å². The van der Waals surface area contributed by atoms with Crippen LogP contribution in [-0.4, -0.2) is 23.4 Å². The maximum Gasteiger partial charge on any atom is 0.0898 e. The van der Waals surface area contributed by atoms with Gasteiger partial charge in [0.05, 0.1) is 18.3 Å². The average Bonchev–Trinajstić information content (AvgIpc) is 2.04. The van der Waals surface area contributed by atoms with Crippen molar-refractivity contribution < 1.29 is 9.84 Å². The molecule has 1 heterocycles. The maximum absolute atomic E-state index is 10.1. The van der Waals surface area contributed by atoms with E-state index in [1.165, 1.54) is 0 Å². The fourth-order valence-corrected chi connectivity index (χ4v) is 1.58. The average molecular weight is 170 g/mol. The Hall–Kier alpha value is -0.340. The van der Waals surface area contributed by atoms with Crippen molar-refractivity contribution in [3.05, 3.63) is 12.2 Å². The molecule has 0 aromatic heterocycles. The Morgan fingerprint density at radius 1 is 1.75 bits per heavy atom. The van der Waals surface area contributed by atoms with E-state index < -0.39 is 5.60 Å². The van der Waals surface area contributed by atoms with Crippen LogP contribution in [0.25, 0.3) is 0 Å². The number of rotatable bonds is 2. The van der Waals surface area contributed by atoms with Crippen molar-refractivity contribution in [2.75, 3.05) is 6.61 Å². The van der Waals surface area contributed by atoms with Crippen molar-refractivity contribution in [2.24, 2.45) is 0 Å². The van der Waals surface area contributed by atoms with E-state index >= 15 is 0 Å². The molecule has 1 aliphatic heterocycles. The fourth-order valence-electron chi connectivity index (χ4n) is 1.58. The van der Waals surface area contributed by atoms with Gasteiger partial charge in [0.1, 0.15) is 0 Å². The Balaban J connectivity index is 2.61. The van der Waals surface area contributed by atoms with Crippen molar-refractivity contribution in [2.45, 2.75) is 44.8 Å². The van der Waals surface area contributed by atoms with E-state index in [4.69, 9.17) is 4.74 Å². The molecule has 0 bridgehead atoms. The topological polar surface area (TPSA) is 29.5 Å². The molecule has 0 amide bonds. The summed E-state index contributed by atoms with van der Waals surface area (Å²) < 4.78 is 5.47. The van der Waals surface area contributed by atoms with E-state index in [0.717, 1.165) is 12.0 Å². The van der Waals surface area contributed by atoms with Gasteiger partial charge in [-0.05, 0) is 18.9 Å². The first-order chi connectivity index (χ1) is 5.58. The minimum absolute atomic E-state index is 0.209. The first-order valence-electron chi connectivity index (χ1n) is 4.58. The van der Waals surface area contributed by atoms with Gasteiger partial charge in [0.25, 0.3) is 0 Å². The summed E-state index contributed by atoms with van der Waals surface area (Å²) in [6.07, 6.45) is 2.58.